The number of halogens is 1. The highest BCUT2D eigenvalue weighted by Gasteiger charge is 2.19. The fourth-order valence-electron chi connectivity index (χ4n) is 3.40. The minimum absolute atomic E-state index is 0.0336. The number of methoxy groups -OCH3 is 1. The van der Waals surface area contributed by atoms with E-state index in [0.717, 1.165) is 31.2 Å². The Hall–Kier alpha value is -2.28. The monoisotopic (exact) mass is 423 g/mol. The number of ether oxygens (including phenoxy) is 1. The quantitative estimate of drug-likeness (QED) is 0.418. The predicted octanol–water partition coefficient (Wildman–Crippen LogP) is 3.47. The molecule has 0 aliphatic heterocycles. The smallest absolute Gasteiger partial charge is 0.315 e. The lowest BCUT2D eigenvalue weighted by molar-refractivity contribution is -0.141. The number of nitrogens with one attached hydrogen (secondary N) is 3. The fraction of sp³-hybridized carbons (Fsp3) is 0.571. The fourth-order valence-corrected chi connectivity index (χ4v) is 3.52. The standard InChI is InChI=1S/C21H30ClN3O4/c1-29-20(27)14-18(15-9-11-16(22)12-10-15)25-19(26)8-5-13-23-21(28)24-17-6-3-2-4-7-17/h9-12,17-18H,2-8,13-14H2,1H3,(H,25,26)(H2,23,24,28). The van der Waals surface area contributed by atoms with Gasteiger partial charge < -0.3 is 20.7 Å². The Bertz CT molecular complexity index is 675. The molecular formula is C21H30ClN3O4. The first-order chi connectivity index (χ1) is 14.0. The number of hydrogen-bond donors (Lipinski definition) is 3. The first-order valence-corrected chi connectivity index (χ1v) is 10.5. The molecule has 0 aromatic heterocycles. The molecule has 1 aliphatic rings. The van der Waals surface area contributed by atoms with Gasteiger partial charge in [0.2, 0.25) is 5.91 Å². The van der Waals surface area contributed by atoms with E-state index < -0.39 is 12.0 Å². The molecule has 1 aliphatic carbocycles. The Morgan fingerprint density at radius 2 is 1.83 bits per heavy atom. The molecule has 2 rings (SSSR count). The van der Waals surface area contributed by atoms with E-state index in [9.17, 15) is 14.4 Å². The Morgan fingerprint density at radius 3 is 2.48 bits per heavy atom. The Balaban J connectivity index is 1.73. The lowest BCUT2D eigenvalue weighted by atomic mass is 9.96. The first kappa shape index (κ1) is 23.0. The lowest BCUT2D eigenvalue weighted by Crippen LogP contribution is -2.43. The van der Waals surface area contributed by atoms with Gasteiger partial charge in [-0.2, -0.15) is 0 Å². The third-order valence-electron chi connectivity index (χ3n) is 5.01. The number of carbonyl (C=O) groups is 3. The van der Waals surface area contributed by atoms with Gasteiger partial charge >= 0.3 is 12.0 Å². The molecule has 160 valence electrons. The van der Waals surface area contributed by atoms with Gasteiger partial charge in [0.05, 0.1) is 19.6 Å². The van der Waals surface area contributed by atoms with Gasteiger partial charge in [0.15, 0.2) is 0 Å². The zero-order valence-corrected chi connectivity index (χ0v) is 17.6. The van der Waals surface area contributed by atoms with Gasteiger partial charge in [-0.1, -0.05) is 43.0 Å². The Labute approximate surface area is 176 Å². The third-order valence-corrected chi connectivity index (χ3v) is 5.26. The van der Waals surface area contributed by atoms with Gasteiger partial charge in [-0.15, -0.1) is 0 Å². The number of rotatable bonds is 9. The average Bonchev–Trinajstić information content (AvgIpc) is 2.72. The van der Waals surface area contributed by atoms with Crippen molar-refractivity contribution in [1.29, 1.82) is 0 Å². The highest BCUT2D eigenvalue weighted by atomic mass is 35.5. The number of carbonyl (C=O) groups excluding carboxylic acids is 3. The molecule has 1 aromatic carbocycles. The van der Waals surface area contributed by atoms with Gasteiger partial charge in [0.1, 0.15) is 0 Å². The summed E-state index contributed by atoms with van der Waals surface area (Å²) in [5.41, 5.74) is 0.776. The maximum atomic E-state index is 12.3. The van der Waals surface area contributed by atoms with E-state index >= 15 is 0 Å². The number of amides is 3. The second-order valence-corrected chi connectivity index (χ2v) is 7.73. The molecule has 0 heterocycles. The van der Waals surface area contributed by atoms with E-state index in [-0.39, 0.29) is 30.8 Å². The molecule has 1 unspecified atom stereocenters. The van der Waals surface area contributed by atoms with E-state index in [1.54, 1.807) is 24.3 Å². The molecular weight excluding hydrogens is 394 g/mol. The molecule has 3 N–H and O–H groups in total. The maximum Gasteiger partial charge on any atom is 0.315 e. The van der Waals surface area contributed by atoms with Crippen molar-refractivity contribution >= 4 is 29.5 Å². The van der Waals surface area contributed by atoms with Crippen molar-refractivity contribution < 1.29 is 19.1 Å². The Morgan fingerprint density at radius 1 is 1.14 bits per heavy atom. The summed E-state index contributed by atoms with van der Waals surface area (Å²) in [6.07, 6.45) is 6.40. The second kappa shape index (κ2) is 12.3. The summed E-state index contributed by atoms with van der Waals surface area (Å²) in [5, 5.41) is 9.22. The van der Waals surface area contributed by atoms with Gasteiger partial charge in [-0.05, 0) is 37.0 Å². The molecule has 1 aromatic rings. The van der Waals surface area contributed by atoms with Crippen molar-refractivity contribution in [3.63, 3.8) is 0 Å². The van der Waals surface area contributed by atoms with Gasteiger partial charge in [-0.25, -0.2) is 4.79 Å². The van der Waals surface area contributed by atoms with Crippen LogP contribution in [0.2, 0.25) is 5.02 Å². The highest BCUT2D eigenvalue weighted by molar-refractivity contribution is 6.30. The topological polar surface area (TPSA) is 96.5 Å². The molecule has 7 nitrogen and oxygen atoms in total. The van der Waals surface area contributed by atoms with Crippen LogP contribution in [0.1, 0.15) is 63.0 Å². The van der Waals surface area contributed by atoms with Gasteiger partial charge in [0.25, 0.3) is 0 Å². The summed E-state index contributed by atoms with van der Waals surface area (Å²) in [5.74, 6) is -0.602. The summed E-state index contributed by atoms with van der Waals surface area (Å²) in [4.78, 5) is 35.9. The summed E-state index contributed by atoms with van der Waals surface area (Å²) in [7, 11) is 1.31. The van der Waals surface area contributed by atoms with E-state index in [4.69, 9.17) is 16.3 Å². The zero-order chi connectivity index (χ0) is 21.1. The molecule has 8 heteroatoms. The van der Waals surface area contributed by atoms with Crippen LogP contribution < -0.4 is 16.0 Å². The second-order valence-electron chi connectivity index (χ2n) is 7.29. The average molecular weight is 424 g/mol. The summed E-state index contributed by atoms with van der Waals surface area (Å²) >= 11 is 5.91. The van der Waals surface area contributed by atoms with E-state index in [2.05, 4.69) is 16.0 Å². The predicted molar refractivity (Wildman–Crippen MR) is 112 cm³/mol. The van der Waals surface area contributed by atoms with Crippen LogP contribution in [0.3, 0.4) is 0 Å². The van der Waals surface area contributed by atoms with Crippen LogP contribution in [0.25, 0.3) is 0 Å². The molecule has 29 heavy (non-hydrogen) atoms. The van der Waals surface area contributed by atoms with E-state index in [1.165, 1.54) is 13.5 Å². The first-order valence-electron chi connectivity index (χ1n) is 10.1. The molecule has 1 fully saturated rings. The molecule has 1 atom stereocenters. The van der Waals surface area contributed by atoms with Gasteiger partial charge in [0, 0.05) is 24.0 Å². The summed E-state index contributed by atoms with van der Waals surface area (Å²) < 4.78 is 4.72. The minimum atomic E-state index is -0.491. The van der Waals surface area contributed by atoms with Crippen molar-refractivity contribution in [3.05, 3.63) is 34.9 Å². The van der Waals surface area contributed by atoms with Crippen LogP contribution in [0.15, 0.2) is 24.3 Å². The molecule has 0 spiro atoms. The Kier molecular flexibility index (Phi) is 9.77. The molecule has 0 radical (unpaired) electrons. The summed E-state index contributed by atoms with van der Waals surface area (Å²) in [6, 6.07) is 6.55. The van der Waals surface area contributed by atoms with Crippen LogP contribution in [-0.2, 0) is 14.3 Å². The van der Waals surface area contributed by atoms with Crippen LogP contribution >= 0.6 is 11.6 Å². The lowest BCUT2D eigenvalue weighted by Gasteiger charge is -2.22. The largest absolute Gasteiger partial charge is 0.469 e. The number of urea groups is 1. The van der Waals surface area contributed by atoms with Crippen LogP contribution in [0.5, 0.6) is 0 Å². The summed E-state index contributed by atoms with van der Waals surface area (Å²) in [6.45, 7) is 0.411. The number of benzene rings is 1. The SMILES string of the molecule is COC(=O)CC(NC(=O)CCCNC(=O)NC1CCCCC1)c1ccc(Cl)cc1. The van der Waals surface area contributed by atoms with Crippen LogP contribution in [-0.4, -0.2) is 37.6 Å². The van der Waals surface area contributed by atoms with Crippen molar-refractivity contribution in [1.82, 2.24) is 16.0 Å². The van der Waals surface area contributed by atoms with E-state index in [0.29, 0.717) is 18.0 Å². The number of esters is 1. The van der Waals surface area contributed by atoms with Crippen molar-refractivity contribution in [2.24, 2.45) is 0 Å². The van der Waals surface area contributed by atoms with Crippen LogP contribution in [0.4, 0.5) is 4.79 Å². The maximum absolute atomic E-state index is 12.3. The zero-order valence-electron chi connectivity index (χ0n) is 16.8. The minimum Gasteiger partial charge on any atom is -0.469 e. The molecule has 0 bridgehead atoms. The molecule has 1 saturated carbocycles. The van der Waals surface area contributed by atoms with Gasteiger partial charge in [-0.3, -0.25) is 9.59 Å². The third kappa shape index (κ3) is 8.73. The molecule has 3 amide bonds. The van der Waals surface area contributed by atoms with Crippen molar-refractivity contribution in [3.8, 4) is 0 Å². The van der Waals surface area contributed by atoms with Crippen molar-refractivity contribution in [2.45, 2.75) is 63.5 Å². The molecule has 0 saturated heterocycles. The normalized spacial score (nSPS) is 15.2. The van der Waals surface area contributed by atoms with Crippen LogP contribution in [0, 0.1) is 0 Å². The number of hydrogen-bond acceptors (Lipinski definition) is 4. The van der Waals surface area contributed by atoms with Crippen molar-refractivity contribution in [2.75, 3.05) is 13.7 Å². The van der Waals surface area contributed by atoms with E-state index in [1.807, 2.05) is 0 Å². The highest BCUT2D eigenvalue weighted by Crippen LogP contribution is 2.20.